The number of hydrogen-bond acceptors (Lipinski definition) is 4. The fourth-order valence-electron chi connectivity index (χ4n) is 2.17. The summed E-state index contributed by atoms with van der Waals surface area (Å²) >= 11 is 1.46. The van der Waals surface area contributed by atoms with Gasteiger partial charge in [0, 0.05) is 18.4 Å². The zero-order valence-electron chi connectivity index (χ0n) is 12.7. The predicted molar refractivity (Wildman–Crippen MR) is 81.7 cm³/mol. The Morgan fingerprint density at radius 1 is 1.43 bits per heavy atom. The highest BCUT2D eigenvalue weighted by molar-refractivity contribution is 7.13. The summed E-state index contributed by atoms with van der Waals surface area (Å²) in [5.41, 5.74) is 0.227. The third-order valence-electron chi connectivity index (χ3n) is 3.62. The average Bonchev–Trinajstić information content (AvgIpc) is 3.08. The van der Waals surface area contributed by atoms with Gasteiger partial charge in [0.1, 0.15) is 4.88 Å². The second-order valence-corrected chi connectivity index (χ2v) is 7.49. The summed E-state index contributed by atoms with van der Waals surface area (Å²) < 4.78 is 0. The van der Waals surface area contributed by atoms with Crippen LogP contribution in [0.5, 0.6) is 0 Å². The molecule has 1 saturated carbocycles. The first-order valence-electron chi connectivity index (χ1n) is 7.27. The van der Waals surface area contributed by atoms with E-state index in [-0.39, 0.29) is 12.3 Å². The first-order chi connectivity index (χ1) is 9.77. The lowest BCUT2D eigenvalue weighted by Gasteiger charge is -2.25. The van der Waals surface area contributed by atoms with Gasteiger partial charge in [-0.1, -0.05) is 0 Å². The smallest absolute Gasteiger partial charge is 0.303 e. The van der Waals surface area contributed by atoms with E-state index in [0.29, 0.717) is 11.3 Å². The molecule has 0 atom stereocenters. The largest absolute Gasteiger partial charge is 0.481 e. The number of rotatable bonds is 7. The third-order valence-corrected chi connectivity index (χ3v) is 4.80. The lowest BCUT2D eigenvalue weighted by molar-refractivity contribution is -0.137. The summed E-state index contributed by atoms with van der Waals surface area (Å²) in [4.78, 5) is 28.1. The van der Waals surface area contributed by atoms with Crippen LogP contribution in [0.2, 0.25) is 0 Å². The van der Waals surface area contributed by atoms with Crippen molar-refractivity contribution in [1.29, 1.82) is 0 Å². The van der Waals surface area contributed by atoms with Gasteiger partial charge in [-0.2, -0.15) is 0 Å². The number of hydrogen-bond donors (Lipinski definition) is 2. The maximum absolute atomic E-state index is 12.4. The number of thiazole rings is 1. The molecular formula is C15H22N2O3S. The number of carbonyl (C=O) groups is 2. The predicted octanol–water partition coefficient (Wildman–Crippen LogP) is 2.78. The van der Waals surface area contributed by atoms with Gasteiger partial charge in [-0.15, -0.1) is 11.3 Å². The Hall–Kier alpha value is -1.43. The minimum Gasteiger partial charge on any atom is -0.481 e. The van der Waals surface area contributed by atoms with Crippen LogP contribution in [-0.2, 0) is 11.2 Å². The molecular weight excluding hydrogens is 288 g/mol. The van der Waals surface area contributed by atoms with Crippen molar-refractivity contribution in [2.45, 2.75) is 58.4 Å². The number of aromatic nitrogens is 1. The molecule has 0 saturated heterocycles. The summed E-state index contributed by atoms with van der Waals surface area (Å²) in [6.07, 6.45) is 3.95. The zero-order valence-corrected chi connectivity index (χ0v) is 13.5. The molecule has 6 heteroatoms. The maximum Gasteiger partial charge on any atom is 0.303 e. The van der Waals surface area contributed by atoms with Gasteiger partial charge in [0.05, 0.1) is 10.7 Å². The lowest BCUT2D eigenvalue weighted by atomic mass is 9.98. The van der Waals surface area contributed by atoms with Crippen molar-refractivity contribution in [2.75, 3.05) is 0 Å². The Morgan fingerprint density at radius 2 is 2.10 bits per heavy atom. The Balaban J connectivity index is 1.98. The van der Waals surface area contributed by atoms with Crippen LogP contribution in [0.3, 0.4) is 0 Å². The van der Waals surface area contributed by atoms with Gasteiger partial charge in [0.15, 0.2) is 0 Å². The summed E-state index contributed by atoms with van der Waals surface area (Å²) in [5.74, 6) is -0.251. The van der Waals surface area contributed by atoms with Crippen molar-refractivity contribution in [3.8, 4) is 0 Å². The molecule has 1 heterocycles. The minimum absolute atomic E-state index is 0.0435. The van der Waals surface area contributed by atoms with Gasteiger partial charge in [-0.05, 0) is 46.0 Å². The Morgan fingerprint density at radius 3 is 2.67 bits per heavy atom. The molecule has 21 heavy (non-hydrogen) atoms. The Bertz CT molecular complexity index is 547. The quantitative estimate of drug-likeness (QED) is 0.811. The molecule has 116 valence electrons. The van der Waals surface area contributed by atoms with Crippen LogP contribution >= 0.6 is 11.3 Å². The van der Waals surface area contributed by atoms with Crippen LogP contribution < -0.4 is 5.32 Å². The average molecular weight is 310 g/mol. The number of nitrogens with zero attached hydrogens (tertiary/aromatic N) is 1. The monoisotopic (exact) mass is 310 g/mol. The van der Waals surface area contributed by atoms with E-state index < -0.39 is 11.5 Å². The van der Waals surface area contributed by atoms with E-state index in [9.17, 15) is 9.59 Å². The molecule has 1 aromatic heterocycles. The van der Waals surface area contributed by atoms with Crippen molar-refractivity contribution in [1.82, 2.24) is 10.3 Å². The number of amides is 1. The van der Waals surface area contributed by atoms with Gasteiger partial charge in [-0.25, -0.2) is 4.98 Å². The summed E-state index contributed by atoms with van der Waals surface area (Å²) in [5, 5.41) is 12.7. The van der Waals surface area contributed by atoms with E-state index in [0.717, 1.165) is 23.0 Å². The Labute approximate surface area is 128 Å². The highest BCUT2D eigenvalue weighted by Crippen LogP contribution is 2.34. The molecule has 0 aromatic carbocycles. The molecule has 0 unspecified atom stereocenters. The van der Waals surface area contributed by atoms with Crippen molar-refractivity contribution in [3.05, 3.63) is 15.6 Å². The van der Waals surface area contributed by atoms with Crippen LogP contribution in [0.25, 0.3) is 0 Å². The van der Waals surface area contributed by atoms with Gasteiger partial charge < -0.3 is 10.4 Å². The van der Waals surface area contributed by atoms with E-state index in [4.69, 9.17) is 5.11 Å². The van der Waals surface area contributed by atoms with E-state index in [1.54, 1.807) is 0 Å². The van der Waals surface area contributed by atoms with E-state index in [2.05, 4.69) is 10.3 Å². The topological polar surface area (TPSA) is 79.3 Å². The second kappa shape index (κ2) is 6.13. The number of aryl methyl sites for hydroxylation is 1. The fourth-order valence-corrected chi connectivity index (χ4v) is 3.24. The molecule has 0 radical (unpaired) electrons. The van der Waals surface area contributed by atoms with Crippen molar-refractivity contribution in [3.63, 3.8) is 0 Å². The number of nitrogens with one attached hydrogen (secondary N) is 1. The molecule has 1 fully saturated rings. The van der Waals surface area contributed by atoms with Crippen molar-refractivity contribution >= 4 is 23.2 Å². The number of aliphatic carboxylic acids is 1. The summed E-state index contributed by atoms with van der Waals surface area (Å²) in [6, 6.07) is 0. The first-order valence-corrected chi connectivity index (χ1v) is 8.09. The molecule has 0 bridgehead atoms. The third kappa shape index (κ3) is 4.81. The summed E-state index contributed by atoms with van der Waals surface area (Å²) in [6.45, 7) is 5.54. The fraction of sp³-hybridized carbons (Fsp3) is 0.667. The van der Waals surface area contributed by atoms with E-state index in [1.807, 2.05) is 20.8 Å². The number of carboxylic acid groups (broad SMARTS) is 1. The Kier molecular flexibility index (Phi) is 4.66. The SMILES string of the molecule is Cc1nc(CC2CC2)sc1C(=O)NC(C)(C)CCC(=O)O. The van der Waals surface area contributed by atoms with Crippen LogP contribution in [0, 0.1) is 12.8 Å². The highest BCUT2D eigenvalue weighted by atomic mass is 32.1. The second-order valence-electron chi connectivity index (χ2n) is 6.40. The summed E-state index contributed by atoms with van der Waals surface area (Å²) in [7, 11) is 0. The molecule has 1 aliphatic rings. The molecule has 1 aromatic rings. The van der Waals surface area contributed by atoms with Crippen LogP contribution in [0.4, 0.5) is 0 Å². The van der Waals surface area contributed by atoms with Crippen LogP contribution in [-0.4, -0.2) is 27.5 Å². The molecule has 1 aliphatic carbocycles. The molecule has 0 spiro atoms. The first kappa shape index (κ1) is 15.9. The van der Waals surface area contributed by atoms with Gasteiger partial charge in [0.25, 0.3) is 5.91 Å². The number of carboxylic acids is 1. The highest BCUT2D eigenvalue weighted by Gasteiger charge is 2.27. The minimum atomic E-state index is -0.849. The van der Waals surface area contributed by atoms with Gasteiger partial charge in [0.2, 0.25) is 0 Å². The van der Waals surface area contributed by atoms with Crippen molar-refractivity contribution < 1.29 is 14.7 Å². The standard InChI is InChI=1S/C15H22N2O3S/c1-9-13(21-11(16-9)8-10-4-5-10)14(20)17-15(2,3)7-6-12(18)19/h10H,4-8H2,1-3H3,(H,17,20)(H,18,19). The molecule has 5 nitrogen and oxygen atoms in total. The normalized spacial score (nSPS) is 15.0. The van der Waals surface area contributed by atoms with Gasteiger partial charge >= 0.3 is 5.97 Å². The molecule has 2 rings (SSSR count). The van der Waals surface area contributed by atoms with Gasteiger partial charge in [-0.3, -0.25) is 9.59 Å². The van der Waals surface area contributed by atoms with Crippen LogP contribution in [0.15, 0.2) is 0 Å². The molecule has 2 N–H and O–H groups in total. The van der Waals surface area contributed by atoms with Crippen molar-refractivity contribution in [2.24, 2.45) is 5.92 Å². The molecule has 0 aliphatic heterocycles. The van der Waals surface area contributed by atoms with E-state index >= 15 is 0 Å². The zero-order chi connectivity index (χ0) is 15.6. The maximum atomic E-state index is 12.4. The number of carbonyl (C=O) groups excluding carboxylic acids is 1. The molecule has 1 amide bonds. The van der Waals surface area contributed by atoms with E-state index in [1.165, 1.54) is 24.2 Å². The van der Waals surface area contributed by atoms with Crippen LogP contribution in [0.1, 0.15) is 59.9 Å². The lowest BCUT2D eigenvalue weighted by Crippen LogP contribution is -2.43.